The summed E-state index contributed by atoms with van der Waals surface area (Å²) in [5.41, 5.74) is 0. The molecule has 5 nitrogen and oxygen atoms in total. The molecule has 2 rings (SSSR count). The van der Waals surface area contributed by atoms with Crippen LogP contribution in [-0.2, 0) is 11.3 Å². The molecule has 0 bridgehead atoms. The van der Waals surface area contributed by atoms with E-state index >= 15 is 0 Å². The van der Waals surface area contributed by atoms with Crippen LogP contribution in [-0.4, -0.2) is 29.0 Å². The number of aryl methyl sites for hydroxylation is 1. The van der Waals surface area contributed by atoms with Crippen LogP contribution in [0.3, 0.4) is 0 Å². The Morgan fingerprint density at radius 1 is 1.50 bits per heavy atom. The van der Waals surface area contributed by atoms with Crippen LogP contribution in [0.5, 0.6) is 0 Å². The van der Waals surface area contributed by atoms with Crippen LogP contribution in [0.15, 0.2) is 4.42 Å². The Bertz CT molecular complexity index is 300. The van der Waals surface area contributed by atoms with E-state index in [-0.39, 0.29) is 6.10 Å². The molecule has 0 radical (unpaired) electrons. The first-order valence-corrected chi connectivity index (χ1v) is 4.89. The van der Waals surface area contributed by atoms with Gasteiger partial charge in [0.05, 0.1) is 12.6 Å². The van der Waals surface area contributed by atoms with Gasteiger partial charge < -0.3 is 14.5 Å². The second-order valence-electron chi connectivity index (χ2n) is 3.57. The Hall–Kier alpha value is -0.940. The molecular weight excluding hydrogens is 182 g/mol. The van der Waals surface area contributed by atoms with Crippen molar-refractivity contribution in [3.63, 3.8) is 0 Å². The van der Waals surface area contributed by atoms with Gasteiger partial charge in [0.25, 0.3) is 0 Å². The first kappa shape index (κ1) is 9.61. The summed E-state index contributed by atoms with van der Waals surface area (Å²) >= 11 is 0. The van der Waals surface area contributed by atoms with Crippen LogP contribution in [0.25, 0.3) is 0 Å². The molecule has 1 aliphatic heterocycles. The van der Waals surface area contributed by atoms with Crippen LogP contribution in [0.2, 0.25) is 0 Å². The summed E-state index contributed by atoms with van der Waals surface area (Å²) in [5, 5.41) is 11.0. The molecule has 1 aromatic rings. The van der Waals surface area contributed by atoms with E-state index in [9.17, 15) is 0 Å². The van der Waals surface area contributed by atoms with E-state index in [4.69, 9.17) is 9.15 Å². The quantitative estimate of drug-likeness (QED) is 0.770. The molecule has 0 aromatic carbocycles. The smallest absolute Gasteiger partial charge is 0.230 e. The third-order valence-electron chi connectivity index (χ3n) is 2.46. The third kappa shape index (κ3) is 2.10. The van der Waals surface area contributed by atoms with Crippen molar-refractivity contribution in [1.82, 2.24) is 15.5 Å². The van der Waals surface area contributed by atoms with Crippen molar-refractivity contribution >= 4 is 0 Å². The fraction of sp³-hybridized carbons (Fsp3) is 0.778. The molecule has 2 heterocycles. The monoisotopic (exact) mass is 197 g/mol. The summed E-state index contributed by atoms with van der Waals surface area (Å²) in [4.78, 5) is 0. The summed E-state index contributed by atoms with van der Waals surface area (Å²) in [5.74, 6) is 1.25. The van der Waals surface area contributed by atoms with Crippen molar-refractivity contribution in [1.29, 1.82) is 0 Å². The molecule has 1 fully saturated rings. The van der Waals surface area contributed by atoms with Crippen LogP contribution < -0.4 is 5.32 Å². The number of hydrogen-bond acceptors (Lipinski definition) is 5. The van der Waals surface area contributed by atoms with E-state index in [1.165, 1.54) is 0 Å². The van der Waals surface area contributed by atoms with Crippen LogP contribution in [0, 0.1) is 6.92 Å². The molecule has 0 saturated carbocycles. The molecule has 2 atom stereocenters. The second-order valence-corrected chi connectivity index (χ2v) is 3.57. The third-order valence-corrected chi connectivity index (χ3v) is 2.46. The van der Waals surface area contributed by atoms with Gasteiger partial charge in [-0.05, 0) is 13.3 Å². The highest BCUT2D eigenvalue weighted by molar-refractivity contribution is 4.83. The molecule has 0 unspecified atom stereocenters. The summed E-state index contributed by atoms with van der Waals surface area (Å²) in [6.07, 6.45) is 1.33. The minimum absolute atomic E-state index is 0.277. The minimum atomic E-state index is 0.277. The van der Waals surface area contributed by atoms with Crippen molar-refractivity contribution in [2.75, 3.05) is 6.61 Å². The lowest BCUT2D eigenvalue weighted by molar-refractivity contribution is 0.112. The lowest BCUT2D eigenvalue weighted by atomic mass is 10.1. The zero-order valence-electron chi connectivity index (χ0n) is 8.49. The fourth-order valence-corrected chi connectivity index (χ4v) is 1.63. The topological polar surface area (TPSA) is 60.2 Å². The Balaban J connectivity index is 1.82. The molecule has 0 aliphatic carbocycles. The standard InChI is InChI=1S/C9H15N3O2/c1-6-8(3-4-13-6)10-5-9-12-11-7(2)14-9/h6,8,10H,3-5H2,1-2H3/t6-,8-/m1/s1. The zero-order chi connectivity index (χ0) is 9.97. The lowest BCUT2D eigenvalue weighted by Crippen LogP contribution is -2.34. The van der Waals surface area contributed by atoms with Crippen molar-refractivity contribution in [2.45, 2.75) is 39.0 Å². The first-order chi connectivity index (χ1) is 6.75. The number of rotatable bonds is 3. The molecule has 0 spiro atoms. The molecule has 1 saturated heterocycles. The molecule has 0 amide bonds. The predicted octanol–water partition coefficient (Wildman–Crippen LogP) is 0.645. The second kappa shape index (κ2) is 4.06. The normalized spacial score (nSPS) is 27.0. The van der Waals surface area contributed by atoms with Crippen molar-refractivity contribution < 1.29 is 9.15 Å². The highest BCUT2D eigenvalue weighted by atomic mass is 16.5. The predicted molar refractivity (Wildman–Crippen MR) is 49.7 cm³/mol. The van der Waals surface area contributed by atoms with E-state index < -0.39 is 0 Å². The molecule has 14 heavy (non-hydrogen) atoms. The van der Waals surface area contributed by atoms with Gasteiger partial charge in [-0.3, -0.25) is 0 Å². The highest BCUT2D eigenvalue weighted by Crippen LogP contribution is 2.13. The lowest BCUT2D eigenvalue weighted by Gasteiger charge is -2.13. The zero-order valence-corrected chi connectivity index (χ0v) is 8.49. The van der Waals surface area contributed by atoms with Gasteiger partial charge in [0, 0.05) is 19.6 Å². The van der Waals surface area contributed by atoms with Gasteiger partial charge in [-0.1, -0.05) is 0 Å². The molecule has 5 heteroatoms. The van der Waals surface area contributed by atoms with Gasteiger partial charge in [0.1, 0.15) is 0 Å². The van der Waals surface area contributed by atoms with E-state index in [0.717, 1.165) is 13.0 Å². The molecule has 1 N–H and O–H groups in total. The van der Waals surface area contributed by atoms with Crippen LogP contribution >= 0.6 is 0 Å². The first-order valence-electron chi connectivity index (χ1n) is 4.89. The number of aromatic nitrogens is 2. The molecule has 78 valence electrons. The number of nitrogens with zero attached hydrogens (tertiary/aromatic N) is 2. The summed E-state index contributed by atoms with van der Waals surface area (Å²) < 4.78 is 10.7. The van der Waals surface area contributed by atoms with E-state index in [2.05, 4.69) is 22.4 Å². The molecule has 1 aromatic heterocycles. The highest BCUT2D eigenvalue weighted by Gasteiger charge is 2.23. The Morgan fingerprint density at radius 3 is 2.93 bits per heavy atom. The Kier molecular flexibility index (Phi) is 2.79. The minimum Gasteiger partial charge on any atom is -0.424 e. The van der Waals surface area contributed by atoms with Gasteiger partial charge in [0.15, 0.2) is 0 Å². The van der Waals surface area contributed by atoms with E-state index in [1.54, 1.807) is 6.92 Å². The van der Waals surface area contributed by atoms with Gasteiger partial charge in [0.2, 0.25) is 11.8 Å². The maximum atomic E-state index is 5.43. The summed E-state index contributed by atoms with van der Waals surface area (Å²) in [6, 6.07) is 0.405. The Morgan fingerprint density at radius 2 is 2.36 bits per heavy atom. The fourth-order valence-electron chi connectivity index (χ4n) is 1.63. The van der Waals surface area contributed by atoms with Crippen LogP contribution in [0.4, 0.5) is 0 Å². The van der Waals surface area contributed by atoms with Crippen molar-refractivity contribution in [2.24, 2.45) is 0 Å². The number of ether oxygens (including phenoxy) is 1. The average molecular weight is 197 g/mol. The Labute approximate surface area is 82.8 Å². The SMILES string of the molecule is Cc1nnc(CN[C@@H]2CCO[C@@H]2C)o1. The van der Waals surface area contributed by atoms with Gasteiger partial charge in [-0.25, -0.2) is 0 Å². The van der Waals surface area contributed by atoms with Crippen molar-refractivity contribution in [3.05, 3.63) is 11.8 Å². The van der Waals surface area contributed by atoms with Crippen molar-refractivity contribution in [3.8, 4) is 0 Å². The summed E-state index contributed by atoms with van der Waals surface area (Å²) in [6.45, 7) is 5.32. The molecule has 1 aliphatic rings. The van der Waals surface area contributed by atoms with Gasteiger partial charge in [-0.2, -0.15) is 0 Å². The number of hydrogen-bond donors (Lipinski definition) is 1. The van der Waals surface area contributed by atoms with E-state index in [0.29, 0.717) is 24.4 Å². The van der Waals surface area contributed by atoms with Gasteiger partial charge in [-0.15, -0.1) is 10.2 Å². The maximum absolute atomic E-state index is 5.43. The maximum Gasteiger partial charge on any atom is 0.230 e. The van der Waals surface area contributed by atoms with Crippen LogP contribution in [0.1, 0.15) is 25.1 Å². The molecular formula is C9H15N3O2. The average Bonchev–Trinajstić information content (AvgIpc) is 2.72. The number of nitrogens with one attached hydrogen (secondary N) is 1. The largest absolute Gasteiger partial charge is 0.424 e. The van der Waals surface area contributed by atoms with Gasteiger partial charge >= 0.3 is 0 Å². The van der Waals surface area contributed by atoms with E-state index in [1.807, 2.05) is 0 Å². The summed E-state index contributed by atoms with van der Waals surface area (Å²) in [7, 11) is 0.